The average Bonchev–Trinajstić information content (AvgIpc) is 1.63. The van der Waals surface area contributed by atoms with Crippen LogP contribution in [-0.2, 0) is 4.74 Å². The van der Waals surface area contributed by atoms with Crippen molar-refractivity contribution in [2.45, 2.75) is 37.8 Å². The van der Waals surface area contributed by atoms with Gasteiger partial charge in [0.2, 0.25) is 0 Å². The van der Waals surface area contributed by atoms with Gasteiger partial charge in [0.05, 0.1) is 12.2 Å². The summed E-state index contributed by atoms with van der Waals surface area (Å²) in [6.45, 7) is 5.75. The second kappa shape index (κ2) is 4.37. The molecule has 0 N–H and O–H groups in total. The van der Waals surface area contributed by atoms with E-state index in [1.165, 1.54) is 0 Å². The first kappa shape index (κ1) is 9.54. The molecule has 1 nitrogen and oxygen atoms in total. The van der Waals surface area contributed by atoms with Crippen LogP contribution in [0.3, 0.4) is 0 Å². The highest BCUT2D eigenvalue weighted by Gasteiger charge is 2.11. The van der Waals surface area contributed by atoms with E-state index in [2.05, 4.69) is 0 Å². The van der Waals surface area contributed by atoms with Crippen LogP contribution in [0.15, 0.2) is 0 Å². The smallest absolute Gasteiger partial charge is 0.133 e. The van der Waals surface area contributed by atoms with Crippen LogP contribution in [0.4, 0.5) is 0 Å². The standard InChI is InChI=1S/C6H12Cl2O/c1-4(2)9-5(3)6(7)8/h4-6H,1-3H3. The minimum Gasteiger partial charge on any atom is -0.373 e. The Hall–Kier alpha value is 0.540. The van der Waals surface area contributed by atoms with Gasteiger partial charge in [0.1, 0.15) is 4.84 Å². The van der Waals surface area contributed by atoms with Gasteiger partial charge in [-0.1, -0.05) is 0 Å². The van der Waals surface area contributed by atoms with Crippen molar-refractivity contribution >= 4 is 23.2 Å². The molecule has 0 aromatic heterocycles. The summed E-state index contributed by atoms with van der Waals surface area (Å²) in [5, 5.41) is 0. The maximum Gasteiger partial charge on any atom is 0.133 e. The van der Waals surface area contributed by atoms with E-state index in [0.29, 0.717) is 0 Å². The number of halogens is 2. The molecule has 0 heterocycles. The van der Waals surface area contributed by atoms with Gasteiger partial charge in [0.25, 0.3) is 0 Å². The lowest BCUT2D eigenvalue weighted by Gasteiger charge is -2.15. The lowest BCUT2D eigenvalue weighted by Crippen LogP contribution is -2.20. The van der Waals surface area contributed by atoms with Gasteiger partial charge in [-0.3, -0.25) is 0 Å². The van der Waals surface area contributed by atoms with Crippen molar-refractivity contribution in [3.05, 3.63) is 0 Å². The maximum atomic E-state index is 5.51. The van der Waals surface area contributed by atoms with Crippen LogP contribution in [0.1, 0.15) is 20.8 Å². The summed E-state index contributed by atoms with van der Waals surface area (Å²) in [5.74, 6) is 0. The molecule has 0 aliphatic rings. The van der Waals surface area contributed by atoms with E-state index in [4.69, 9.17) is 27.9 Å². The lowest BCUT2D eigenvalue weighted by atomic mass is 10.4. The van der Waals surface area contributed by atoms with Gasteiger partial charge in [-0.15, -0.1) is 23.2 Å². The van der Waals surface area contributed by atoms with Gasteiger partial charge in [0.15, 0.2) is 0 Å². The van der Waals surface area contributed by atoms with Crippen molar-refractivity contribution < 1.29 is 4.74 Å². The normalized spacial score (nSPS) is 15.0. The molecule has 0 aromatic rings. The molecule has 1 unspecified atom stereocenters. The van der Waals surface area contributed by atoms with Crippen molar-refractivity contribution in [1.29, 1.82) is 0 Å². The molecule has 0 fully saturated rings. The molecule has 0 radical (unpaired) electrons. The second-order valence-corrected chi connectivity index (χ2v) is 3.39. The summed E-state index contributed by atoms with van der Waals surface area (Å²) in [4.78, 5) is -0.424. The zero-order valence-corrected chi connectivity index (χ0v) is 7.41. The fraction of sp³-hybridized carbons (Fsp3) is 1.00. The van der Waals surface area contributed by atoms with Crippen LogP contribution >= 0.6 is 23.2 Å². The number of ether oxygens (including phenoxy) is 1. The first-order valence-corrected chi connectivity index (χ1v) is 3.85. The summed E-state index contributed by atoms with van der Waals surface area (Å²) in [6, 6.07) is 0. The zero-order chi connectivity index (χ0) is 7.44. The van der Waals surface area contributed by atoms with Gasteiger partial charge in [-0.05, 0) is 20.8 Å². The third-order valence-corrected chi connectivity index (χ3v) is 1.55. The monoisotopic (exact) mass is 170 g/mol. The van der Waals surface area contributed by atoms with Crippen LogP contribution in [0, 0.1) is 0 Å². The number of hydrogen-bond donors (Lipinski definition) is 0. The lowest BCUT2D eigenvalue weighted by molar-refractivity contribution is 0.0268. The molecular formula is C6H12Cl2O. The molecular weight excluding hydrogens is 159 g/mol. The maximum absolute atomic E-state index is 5.51. The van der Waals surface area contributed by atoms with Crippen LogP contribution in [0.2, 0.25) is 0 Å². The molecule has 0 bridgehead atoms. The summed E-state index contributed by atoms with van der Waals surface area (Å²) in [6.07, 6.45) is 0.119. The SMILES string of the molecule is CC(C)OC(C)C(Cl)Cl. The third-order valence-electron chi connectivity index (χ3n) is 0.842. The summed E-state index contributed by atoms with van der Waals surface area (Å²) in [5.41, 5.74) is 0. The first-order valence-electron chi connectivity index (χ1n) is 2.97. The molecule has 1 atom stereocenters. The molecule has 0 amide bonds. The van der Waals surface area contributed by atoms with E-state index in [1.54, 1.807) is 0 Å². The minimum atomic E-state index is -0.424. The predicted molar refractivity (Wildman–Crippen MR) is 41.2 cm³/mol. The van der Waals surface area contributed by atoms with Crippen molar-refractivity contribution in [1.82, 2.24) is 0 Å². The van der Waals surface area contributed by atoms with Gasteiger partial charge in [-0.2, -0.15) is 0 Å². The van der Waals surface area contributed by atoms with Crippen molar-refractivity contribution in [3.8, 4) is 0 Å². The van der Waals surface area contributed by atoms with E-state index in [0.717, 1.165) is 0 Å². The molecule has 0 aliphatic carbocycles. The molecule has 9 heavy (non-hydrogen) atoms. The fourth-order valence-electron chi connectivity index (χ4n) is 0.489. The van der Waals surface area contributed by atoms with E-state index < -0.39 is 4.84 Å². The average molecular weight is 171 g/mol. The Balaban J connectivity index is 3.38. The number of alkyl halides is 2. The quantitative estimate of drug-likeness (QED) is 0.593. The Bertz CT molecular complexity index is 73.5. The molecule has 0 saturated carbocycles. The van der Waals surface area contributed by atoms with Crippen LogP contribution in [0.5, 0.6) is 0 Å². The molecule has 56 valence electrons. The Kier molecular flexibility index (Phi) is 4.63. The highest BCUT2D eigenvalue weighted by molar-refractivity contribution is 6.44. The Labute approximate surface area is 66.3 Å². The van der Waals surface area contributed by atoms with Crippen LogP contribution in [0.25, 0.3) is 0 Å². The van der Waals surface area contributed by atoms with E-state index >= 15 is 0 Å². The Morgan fingerprint density at radius 2 is 1.56 bits per heavy atom. The second-order valence-electron chi connectivity index (χ2n) is 2.22. The van der Waals surface area contributed by atoms with Gasteiger partial charge in [0, 0.05) is 0 Å². The Morgan fingerprint density at radius 3 is 1.67 bits per heavy atom. The largest absolute Gasteiger partial charge is 0.373 e. The molecule has 0 aliphatic heterocycles. The Morgan fingerprint density at radius 1 is 1.11 bits per heavy atom. The summed E-state index contributed by atoms with van der Waals surface area (Å²) in [7, 11) is 0. The van der Waals surface area contributed by atoms with Gasteiger partial charge in [-0.25, -0.2) is 0 Å². The van der Waals surface area contributed by atoms with Gasteiger partial charge >= 0.3 is 0 Å². The number of hydrogen-bond acceptors (Lipinski definition) is 1. The van der Waals surface area contributed by atoms with Crippen molar-refractivity contribution in [2.24, 2.45) is 0 Å². The zero-order valence-electron chi connectivity index (χ0n) is 5.90. The minimum absolute atomic E-state index is 0.0756. The van der Waals surface area contributed by atoms with Crippen molar-refractivity contribution in [3.63, 3.8) is 0 Å². The molecule has 0 spiro atoms. The van der Waals surface area contributed by atoms with Crippen molar-refractivity contribution in [2.75, 3.05) is 0 Å². The van der Waals surface area contributed by atoms with Crippen LogP contribution < -0.4 is 0 Å². The molecule has 0 aromatic carbocycles. The highest BCUT2D eigenvalue weighted by Crippen LogP contribution is 2.12. The number of rotatable bonds is 3. The predicted octanol–water partition coefficient (Wildman–Crippen LogP) is 2.60. The highest BCUT2D eigenvalue weighted by atomic mass is 35.5. The van der Waals surface area contributed by atoms with E-state index in [-0.39, 0.29) is 12.2 Å². The molecule has 3 heteroatoms. The van der Waals surface area contributed by atoms with E-state index in [1.807, 2.05) is 20.8 Å². The summed E-state index contributed by atoms with van der Waals surface area (Å²) < 4.78 is 5.25. The molecule has 0 rings (SSSR count). The van der Waals surface area contributed by atoms with Crippen LogP contribution in [-0.4, -0.2) is 17.0 Å². The topological polar surface area (TPSA) is 9.23 Å². The summed E-state index contributed by atoms with van der Waals surface area (Å²) >= 11 is 11.0. The van der Waals surface area contributed by atoms with Gasteiger partial charge < -0.3 is 4.74 Å². The fourth-order valence-corrected chi connectivity index (χ4v) is 0.607. The third kappa shape index (κ3) is 5.01. The molecule has 0 saturated heterocycles. The first-order chi connectivity index (χ1) is 4.04. The van der Waals surface area contributed by atoms with E-state index in [9.17, 15) is 0 Å².